The Labute approximate surface area is 97.8 Å². The molecule has 84 valence electrons. The van der Waals surface area contributed by atoms with Crippen molar-refractivity contribution in [3.05, 3.63) is 40.7 Å². The minimum absolute atomic E-state index is 0.0467. The molecule has 0 aliphatic carbocycles. The van der Waals surface area contributed by atoms with Gasteiger partial charge in [-0.25, -0.2) is 0 Å². The van der Waals surface area contributed by atoms with Gasteiger partial charge >= 0.3 is 0 Å². The number of hydrogen-bond acceptors (Lipinski definition) is 4. The summed E-state index contributed by atoms with van der Waals surface area (Å²) in [6, 6.07) is 5.65. The maximum Gasteiger partial charge on any atom is 0.195 e. The van der Waals surface area contributed by atoms with E-state index in [1.54, 1.807) is 10.8 Å². The van der Waals surface area contributed by atoms with Crippen LogP contribution in [0.3, 0.4) is 0 Å². The van der Waals surface area contributed by atoms with E-state index in [-0.39, 0.29) is 12.6 Å². The molecule has 1 unspecified atom stereocenters. The van der Waals surface area contributed by atoms with E-state index in [0.29, 0.717) is 10.6 Å². The highest BCUT2D eigenvalue weighted by Crippen LogP contribution is 2.17. The van der Waals surface area contributed by atoms with Crippen LogP contribution in [0.2, 0.25) is 0 Å². The van der Waals surface area contributed by atoms with Crippen molar-refractivity contribution < 1.29 is 5.11 Å². The quantitative estimate of drug-likeness (QED) is 0.791. The highest BCUT2D eigenvalue weighted by molar-refractivity contribution is 7.71. The van der Waals surface area contributed by atoms with Crippen LogP contribution in [0.5, 0.6) is 0 Å². The minimum Gasteiger partial charge on any atom is -0.388 e. The summed E-state index contributed by atoms with van der Waals surface area (Å²) in [4.78, 5) is 4.26. The maximum atomic E-state index is 9.16. The van der Waals surface area contributed by atoms with Crippen molar-refractivity contribution >= 4 is 12.2 Å². The summed E-state index contributed by atoms with van der Waals surface area (Å²) in [5.74, 6) is 0.517. The third-order valence-electron chi connectivity index (χ3n) is 2.42. The lowest BCUT2D eigenvalue weighted by atomic mass is 10.2. The molecular formula is C10H12N4OS. The molecule has 5 nitrogen and oxygen atoms in total. The molecule has 2 N–H and O–H groups in total. The van der Waals surface area contributed by atoms with Gasteiger partial charge in [-0.3, -0.25) is 14.6 Å². The second-order valence-electron chi connectivity index (χ2n) is 3.40. The summed E-state index contributed by atoms with van der Waals surface area (Å²) >= 11 is 5.12. The molecule has 2 aromatic heterocycles. The van der Waals surface area contributed by atoms with Gasteiger partial charge in [-0.05, 0) is 31.3 Å². The molecule has 0 aliphatic heterocycles. The van der Waals surface area contributed by atoms with Crippen LogP contribution in [-0.4, -0.2) is 24.9 Å². The average molecular weight is 236 g/mol. The summed E-state index contributed by atoms with van der Waals surface area (Å²) in [6.07, 6.45) is 1.73. The maximum absolute atomic E-state index is 9.16. The van der Waals surface area contributed by atoms with Gasteiger partial charge in [-0.15, -0.1) is 0 Å². The van der Waals surface area contributed by atoms with Crippen LogP contribution in [0, 0.1) is 4.77 Å². The highest BCUT2D eigenvalue weighted by atomic mass is 32.1. The molecule has 6 heteroatoms. The standard InChI is InChI=1S/C10H12N4OS/c1-7(8-4-2-3-5-11-8)14-9(6-15)12-13-10(14)16/h2-5,7,15H,6H2,1H3,(H,13,16). The van der Waals surface area contributed by atoms with Gasteiger partial charge in [0.1, 0.15) is 6.61 Å². The third kappa shape index (κ3) is 1.89. The minimum atomic E-state index is -0.148. The van der Waals surface area contributed by atoms with Crippen molar-refractivity contribution in [2.75, 3.05) is 0 Å². The van der Waals surface area contributed by atoms with Gasteiger partial charge in [0.05, 0.1) is 11.7 Å². The molecule has 0 aromatic carbocycles. The SMILES string of the molecule is CC(c1ccccn1)n1c(CO)n[nH]c1=S. The number of hydrogen-bond donors (Lipinski definition) is 2. The number of nitrogens with zero attached hydrogens (tertiary/aromatic N) is 3. The van der Waals surface area contributed by atoms with Crippen LogP contribution >= 0.6 is 12.2 Å². The Bertz CT molecular complexity index is 519. The summed E-state index contributed by atoms with van der Waals surface area (Å²) in [5, 5.41) is 15.8. The number of aromatic amines is 1. The van der Waals surface area contributed by atoms with Gasteiger partial charge in [0.15, 0.2) is 10.6 Å². The van der Waals surface area contributed by atoms with Crippen LogP contribution in [0.25, 0.3) is 0 Å². The molecule has 0 amide bonds. The predicted octanol–water partition coefficient (Wildman–Crippen LogP) is 1.44. The van der Waals surface area contributed by atoms with Gasteiger partial charge in [-0.1, -0.05) is 6.07 Å². The van der Waals surface area contributed by atoms with Gasteiger partial charge in [0.2, 0.25) is 0 Å². The van der Waals surface area contributed by atoms with E-state index in [1.165, 1.54) is 0 Å². The lowest BCUT2D eigenvalue weighted by Gasteiger charge is -2.13. The third-order valence-corrected chi connectivity index (χ3v) is 2.71. The van der Waals surface area contributed by atoms with Crippen LogP contribution in [-0.2, 0) is 6.61 Å². The topological polar surface area (TPSA) is 66.7 Å². The monoisotopic (exact) mass is 236 g/mol. The molecule has 0 fully saturated rings. The van der Waals surface area contributed by atoms with E-state index < -0.39 is 0 Å². The van der Waals surface area contributed by atoms with Crippen molar-refractivity contribution in [3.8, 4) is 0 Å². The number of rotatable bonds is 3. The Morgan fingerprint density at radius 2 is 2.38 bits per heavy atom. The van der Waals surface area contributed by atoms with Gasteiger partial charge in [-0.2, -0.15) is 5.10 Å². The molecule has 0 bridgehead atoms. The van der Waals surface area contributed by atoms with E-state index in [0.717, 1.165) is 5.69 Å². The second-order valence-corrected chi connectivity index (χ2v) is 3.79. The molecule has 0 saturated carbocycles. The van der Waals surface area contributed by atoms with E-state index in [4.69, 9.17) is 17.3 Å². The first-order valence-electron chi connectivity index (χ1n) is 4.91. The lowest BCUT2D eigenvalue weighted by molar-refractivity contribution is 0.262. The molecule has 0 radical (unpaired) electrons. The van der Waals surface area contributed by atoms with Gasteiger partial charge in [0, 0.05) is 6.20 Å². The number of H-pyrrole nitrogens is 1. The normalized spacial score (nSPS) is 12.6. The molecule has 16 heavy (non-hydrogen) atoms. The van der Waals surface area contributed by atoms with Crippen LogP contribution in [0.15, 0.2) is 24.4 Å². The number of pyridine rings is 1. The summed E-state index contributed by atoms with van der Waals surface area (Å²) in [7, 11) is 0. The summed E-state index contributed by atoms with van der Waals surface area (Å²) in [6.45, 7) is 1.82. The Morgan fingerprint density at radius 1 is 1.56 bits per heavy atom. The Kier molecular flexibility index (Phi) is 3.12. The fraction of sp³-hybridized carbons (Fsp3) is 0.300. The van der Waals surface area contributed by atoms with E-state index in [9.17, 15) is 0 Å². The molecule has 1 atom stereocenters. The molecule has 0 spiro atoms. The van der Waals surface area contributed by atoms with Gasteiger partial charge < -0.3 is 5.11 Å². The lowest BCUT2D eigenvalue weighted by Crippen LogP contribution is -2.12. The highest BCUT2D eigenvalue weighted by Gasteiger charge is 2.14. The van der Waals surface area contributed by atoms with Crippen molar-refractivity contribution in [1.82, 2.24) is 19.7 Å². The van der Waals surface area contributed by atoms with E-state index in [2.05, 4.69) is 15.2 Å². The molecular weight excluding hydrogens is 224 g/mol. The number of aromatic nitrogens is 4. The average Bonchev–Trinajstić information content (AvgIpc) is 2.70. The Hall–Kier alpha value is -1.53. The van der Waals surface area contributed by atoms with Crippen LogP contribution in [0.1, 0.15) is 24.5 Å². The molecule has 2 aromatic rings. The number of aliphatic hydroxyl groups is 1. The van der Waals surface area contributed by atoms with Crippen molar-refractivity contribution in [2.24, 2.45) is 0 Å². The van der Waals surface area contributed by atoms with E-state index >= 15 is 0 Å². The van der Waals surface area contributed by atoms with E-state index in [1.807, 2.05) is 25.1 Å². The fourth-order valence-electron chi connectivity index (χ4n) is 1.60. The molecule has 0 aliphatic rings. The fourth-order valence-corrected chi connectivity index (χ4v) is 1.91. The van der Waals surface area contributed by atoms with Crippen LogP contribution < -0.4 is 0 Å². The first kappa shape index (κ1) is 11.0. The van der Waals surface area contributed by atoms with Crippen LogP contribution in [0.4, 0.5) is 0 Å². The Morgan fingerprint density at radius 3 is 3.00 bits per heavy atom. The van der Waals surface area contributed by atoms with Crippen molar-refractivity contribution in [2.45, 2.75) is 19.6 Å². The smallest absolute Gasteiger partial charge is 0.195 e. The predicted molar refractivity (Wildman–Crippen MR) is 61.4 cm³/mol. The zero-order valence-electron chi connectivity index (χ0n) is 8.79. The largest absolute Gasteiger partial charge is 0.388 e. The number of nitrogens with one attached hydrogen (secondary N) is 1. The zero-order chi connectivity index (χ0) is 11.5. The summed E-state index contributed by atoms with van der Waals surface area (Å²) in [5.41, 5.74) is 0.884. The molecule has 2 rings (SSSR count). The zero-order valence-corrected chi connectivity index (χ0v) is 9.61. The van der Waals surface area contributed by atoms with Crippen molar-refractivity contribution in [3.63, 3.8) is 0 Å². The van der Waals surface area contributed by atoms with Gasteiger partial charge in [0.25, 0.3) is 0 Å². The molecule has 0 saturated heterocycles. The van der Waals surface area contributed by atoms with Crippen molar-refractivity contribution in [1.29, 1.82) is 0 Å². The first-order chi connectivity index (χ1) is 7.74. The first-order valence-corrected chi connectivity index (χ1v) is 5.32. The Balaban J connectivity index is 2.45. The number of aliphatic hydroxyl groups excluding tert-OH is 1. The molecule has 2 heterocycles. The second kappa shape index (κ2) is 4.54. The summed E-state index contributed by atoms with van der Waals surface area (Å²) < 4.78 is 2.25.